The Labute approximate surface area is 105 Å². The highest BCUT2D eigenvalue weighted by Gasteiger charge is 2.12. The van der Waals surface area contributed by atoms with Crippen molar-refractivity contribution in [3.05, 3.63) is 35.4 Å². The van der Waals surface area contributed by atoms with Crippen molar-refractivity contribution < 1.29 is 0 Å². The van der Waals surface area contributed by atoms with Crippen LogP contribution in [0.1, 0.15) is 31.9 Å². The fourth-order valence-electron chi connectivity index (χ4n) is 1.61. The standard InChI is InChI=1S/C14H23NS/c1-14(2,3)13-6-4-12(5-7-13)8-9-15-10-11-16/h4-7,15-16H,8-11H2,1-3H3. The molecule has 0 saturated carbocycles. The van der Waals surface area contributed by atoms with E-state index in [-0.39, 0.29) is 5.41 Å². The first-order valence-electron chi connectivity index (χ1n) is 5.95. The van der Waals surface area contributed by atoms with Gasteiger partial charge in [0.05, 0.1) is 0 Å². The maximum absolute atomic E-state index is 4.16. The third-order valence-corrected chi connectivity index (χ3v) is 2.92. The summed E-state index contributed by atoms with van der Waals surface area (Å²) in [7, 11) is 0. The summed E-state index contributed by atoms with van der Waals surface area (Å²) in [6.07, 6.45) is 1.10. The van der Waals surface area contributed by atoms with Gasteiger partial charge in [-0.15, -0.1) is 0 Å². The first kappa shape index (κ1) is 13.6. The number of hydrogen-bond donors (Lipinski definition) is 2. The normalized spacial score (nSPS) is 11.8. The molecule has 0 aliphatic carbocycles. The molecule has 1 aromatic rings. The van der Waals surface area contributed by atoms with E-state index >= 15 is 0 Å². The minimum absolute atomic E-state index is 0.253. The molecule has 0 heterocycles. The zero-order valence-electron chi connectivity index (χ0n) is 10.6. The molecule has 16 heavy (non-hydrogen) atoms. The Morgan fingerprint density at radius 2 is 1.69 bits per heavy atom. The van der Waals surface area contributed by atoms with Crippen LogP contribution in [0.2, 0.25) is 0 Å². The summed E-state index contributed by atoms with van der Waals surface area (Å²) in [6.45, 7) is 8.77. The molecule has 90 valence electrons. The van der Waals surface area contributed by atoms with Crippen molar-refractivity contribution in [1.82, 2.24) is 5.32 Å². The van der Waals surface area contributed by atoms with Crippen molar-refractivity contribution in [2.75, 3.05) is 18.8 Å². The highest BCUT2D eigenvalue weighted by atomic mass is 32.1. The van der Waals surface area contributed by atoms with Gasteiger partial charge in [-0.3, -0.25) is 0 Å². The Morgan fingerprint density at radius 3 is 2.19 bits per heavy atom. The predicted molar refractivity (Wildman–Crippen MR) is 75.6 cm³/mol. The minimum atomic E-state index is 0.253. The lowest BCUT2D eigenvalue weighted by Gasteiger charge is -2.19. The first-order chi connectivity index (χ1) is 7.54. The van der Waals surface area contributed by atoms with E-state index in [0.29, 0.717) is 0 Å². The lowest BCUT2D eigenvalue weighted by Crippen LogP contribution is -2.19. The molecule has 0 bridgehead atoms. The van der Waals surface area contributed by atoms with Crippen molar-refractivity contribution in [3.8, 4) is 0 Å². The molecule has 1 aromatic carbocycles. The summed E-state index contributed by atoms with van der Waals surface area (Å²) >= 11 is 4.16. The fraction of sp³-hybridized carbons (Fsp3) is 0.571. The quantitative estimate of drug-likeness (QED) is 0.592. The predicted octanol–water partition coefficient (Wildman–Crippen LogP) is 3.05. The van der Waals surface area contributed by atoms with E-state index < -0.39 is 0 Å². The summed E-state index contributed by atoms with van der Waals surface area (Å²) in [4.78, 5) is 0. The maximum Gasteiger partial charge on any atom is 0.00398 e. The van der Waals surface area contributed by atoms with Crippen LogP contribution in [0.4, 0.5) is 0 Å². The van der Waals surface area contributed by atoms with Crippen LogP contribution >= 0.6 is 12.6 Å². The smallest absolute Gasteiger partial charge is 0.00398 e. The Hall–Kier alpha value is -0.470. The maximum atomic E-state index is 4.16. The van der Waals surface area contributed by atoms with Gasteiger partial charge >= 0.3 is 0 Å². The van der Waals surface area contributed by atoms with E-state index in [1.807, 2.05) is 0 Å². The van der Waals surface area contributed by atoms with E-state index in [2.05, 4.69) is 63.0 Å². The first-order valence-corrected chi connectivity index (χ1v) is 6.58. The molecule has 1 N–H and O–H groups in total. The average Bonchev–Trinajstić information content (AvgIpc) is 2.24. The SMILES string of the molecule is CC(C)(C)c1ccc(CCNCCS)cc1. The van der Waals surface area contributed by atoms with Crippen LogP contribution in [0.25, 0.3) is 0 Å². The molecular weight excluding hydrogens is 214 g/mol. The highest BCUT2D eigenvalue weighted by molar-refractivity contribution is 7.80. The molecule has 0 fully saturated rings. The molecule has 0 aliphatic heterocycles. The van der Waals surface area contributed by atoms with Gasteiger partial charge in [0.25, 0.3) is 0 Å². The molecule has 0 amide bonds. The third kappa shape index (κ3) is 4.58. The number of benzene rings is 1. The molecule has 0 aliphatic rings. The molecule has 1 nitrogen and oxygen atoms in total. The molecule has 0 unspecified atom stereocenters. The van der Waals surface area contributed by atoms with Gasteiger partial charge in [-0.25, -0.2) is 0 Å². The van der Waals surface area contributed by atoms with Crippen LogP contribution < -0.4 is 5.32 Å². The van der Waals surface area contributed by atoms with E-state index in [0.717, 1.165) is 25.3 Å². The van der Waals surface area contributed by atoms with Crippen molar-refractivity contribution in [3.63, 3.8) is 0 Å². The highest BCUT2D eigenvalue weighted by Crippen LogP contribution is 2.22. The van der Waals surface area contributed by atoms with Crippen LogP contribution in [0.3, 0.4) is 0 Å². The zero-order chi connectivity index (χ0) is 12.0. The molecule has 0 atom stereocenters. The second kappa shape index (κ2) is 6.31. The third-order valence-electron chi connectivity index (χ3n) is 2.70. The molecule has 0 aromatic heterocycles. The number of thiol groups is 1. The Bertz CT molecular complexity index is 298. The van der Waals surface area contributed by atoms with Gasteiger partial charge < -0.3 is 5.32 Å². The van der Waals surface area contributed by atoms with E-state index in [9.17, 15) is 0 Å². The van der Waals surface area contributed by atoms with Crippen LogP contribution in [0.5, 0.6) is 0 Å². The van der Waals surface area contributed by atoms with Gasteiger partial charge in [-0.2, -0.15) is 12.6 Å². The average molecular weight is 237 g/mol. The van der Waals surface area contributed by atoms with Crippen molar-refractivity contribution >= 4 is 12.6 Å². The van der Waals surface area contributed by atoms with Gasteiger partial charge in [-0.05, 0) is 29.5 Å². The van der Waals surface area contributed by atoms with Crippen LogP contribution in [-0.4, -0.2) is 18.8 Å². The van der Waals surface area contributed by atoms with Crippen LogP contribution in [0, 0.1) is 0 Å². The van der Waals surface area contributed by atoms with Crippen molar-refractivity contribution in [1.29, 1.82) is 0 Å². The fourth-order valence-corrected chi connectivity index (χ4v) is 1.77. The summed E-state index contributed by atoms with van der Waals surface area (Å²) in [5.74, 6) is 0.906. The summed E-state index contributed by atoms with van der Waals surface area (Å²) in [6, 6.07) is 8.97. The zero-order valence-corrected chi connectivity index (χ0v) is 11.5. The topological polar surface area (TPSA) is 12.0 Å². The Balaban J connectivity index is 2.46. The number of nitrogens with one attached hydrogen (secondary N) is 1. The minimum Gasteiger partial charge on any atom is -0.316 e. The van der Waals surface area contributed by atoms with Crippen LogP contribution in [-0.2, 0) is 11.8 Å². The molecule has 0 radical (unpaired) electrons. The van der Waals surface area contributed by atoms with Crippen LogP contribution in [0.15, 0.2) is 24.3 Å². The lowest BCUT2D eigenvalue weighted by atomic mass is 9.86. The molecule has 1 rings (SSSR count). The Kier molecular flexibility index (Phi) is 5.36. The summed E-state index contributed by atoms with van der Waals surface area (Å²) in [5, 5.41) is 3.35. The second-order valence-electron chi connectivity index (χ2n) is 5.17. The van der Waals surface area contributed by atoms with Gasteiger partial charge in [0.1, 0.15) is 0 Å². The van der Waals surface area contributed by atoms with Crippen molar-refractivity contribution in [2.24, 2.45) is 0 Å². The van der Waals surface area contributed by atoms with E-state index in [1.54, 1.807) is 0 Å². The van der Waals surface area contributed by atoms with Gasteiger partial charge in [0.2, 0.25) is 0 Å². The monoisotopic (exact) mass is 237 g/mol. The molecule has 0 saturated heterocycles. The van der Waals surface area contributed by atoms with Gasteiger partial charge in [-0.1, -0.05) is 45.0 Å². The summed E-state index contributed by atoms with van der Waals surface area (Å²) in [5.41, 5.74) is 3.06. The van der Waals surface area contributed by atoms with E-state index in [4.69, 9.17) is 0 Å². The van der Waals surface area contributed by atoms with Gasteiger partial charge in [0, 0.05) is 12.3 Å². The lowest BCUT2D eigenvalue weighted by molar-refractivity contribution is 0.590. The van der Waals surface area contributed by atoms with Crippen molar-refractivity contribution in [2.45, 2.75) is 32.6 Å². The molecular formula is C14H23NS. The largest absolute Gasteiger partial charge is 0.316 e. The second-order valence-corrected chi connectivity index (χ2v) is 5.62. The molecule has 2 heteroatoms. The summed E-state index contributed by atoms with van der Waals surface area (Å²) < 4.78 is 0. The van der Waals surface area contributed by atoms with Gasteiger partial charge in [0.15, 0.2) is 0 Å². The Morgan fingerprint density at radius 1 is 1.06 bits per heavy atom. The number of rotatable bonds is 5. The van der Waals surface area contributed by atoms with E-state index in [1.165, 1.54) is 11.1 Å². The molecule has 0 spiro atoms. The number of hydrogen-bond acceptors (Lipinski definition) is 2.